The third-order valence-corrected chi connectivity index (χ3v) is 5.14. The fourth-order valence-corrected chi connectivity index (χ4v) is 4.06. The molecule has 1 aromatic rings. The second-order valence-electron chi connectivity index (χ2n) is 4.67. The second-order valence-corrected chi connectivity index (χ2v) is 6.87. The largest absolute Gasteiger partial charge is 0.462 e. The number of nitrogens with zero attached hydrogens (tertiary/aromatic N) is 1. The Morgan fingerprint density at radius 2 is 2.00 bits per heavy atom. The number of sulfonamides is 1. The van der Waals surface area contributed by atoms with E-state index in [1.807, 2.05) is 0 Å². The molecule has 1 rings (SSSR count). The van der Waals surface area contributed by atoms with E-state index in [2.05, 4.69) is 0 Å². The summed E-state index contributed by atoms with van der Waals surface area (Å²) in [4.78, 5) is 11.6. The van der Waals surface area contributed by atoms with Crippen LogP contribution in [0.1, 0.15) is 31.1 Å². The molecule has 0 saturated heterocycles. The van der Waals surface area contributed by atoms with E-state index in [-0.39, 0.29) is 27.9 Å². The molecule has 122 valence electrons. The topological polar surface area (TPSA) is 116 Å². The fourth-order valence-electron chi connectivity index (χ4n) is 1.91. The van der Waals surface area contributed by atoms with Crippen molar-refractivity contribution in [3.8, 4) is 0 Å². The molecule has 0 saturated carbocycles. The highest BCUT2D eigenvalue weighted by Crippen LogP contribution is 2.27. The summed E-state index contributed by atoms with van der Waals surface area (Å²) in [7, 11) is -4.07. The number of hydrogen-bond donors (Lipinski definition) is 2. The Morgan fingerprint density at radius 3 is 2.45 bits per heavy atom. The van der Waals surface area contributed by atoms with Gasteiger partial charge in [-0.1, -0.05) is 6.07 Å². The van der Waals surface area contributed by atoms with E-state index in [9.17, 15) is 13.2 Å². The van der Waals surface area contributed by atoms with Crippen LogP contribution < -0.4 is 11.5 Å². The number of nitrogens with two attached hydrogens (primary N) is 2. The molecule has 0 aliphatic rings. The van der Waals surface area contributed by atoms with Gasteiger partial charge >= 0.3 is 5.97 Å². The average Bonchev–Trinajstić information content (AvgIpc) is 2.37. The lowest BCUT2D eigenvalue weighted by Gasteiger charge is -2.27. The van der Waals surface area contributed by atoms with Crippen LogP contribution in [0.4, 0.5) is 5.69 Å². The molecule has 22 heavy (non-hydrogen) atoms. The highest BCUT2D eigenvalue weighted by molar-refractivity contribution is 7.91. The summed E-state index contributed by atoms with van der Waals surface area (Å²) in [5.74, 6) is -0.691. The number of rotatable bonds is 5. The molecule has 0 radical (unpaired) electrons. The van der Waals surface area contributed by atoms with Crippen molar-refractivity contribution in [1.82, 2.24) is 4.31 Å². The summed E-state index contributed by atoms with van der Waals surface area (Å²) in [5.41, 5.74) is 11.1. The van der Waals surface area contributed by atoms with Crippen LogP contribution in [0.3, 0.4) is 0 Å². The maximum absolute atomic E-state index is 12.7. The molecule has 0 heterocycles. The van der Waals surface area contributed by atoms with Crippen molar-refractivity contribution >= 4 is 39.0 Å². The molecule has 0 unspecified atom stereocenters. The lowest BCUT2D eigenvalue weighted by molar-refractivity contribution is 0.0527. The SMILES string of the molecule is CCOC(=O)c1cccc(S(=O)(=O)N(C(N)=S)C(C)C)c1N. The van der Waals surface area contributed by atoms with Gasteiger partial charge in [0.25, 0.3) is 10.0 Å². The van der Waals surface area contributed by atoms with Crippen molar-refractivity contribution in [1.29, 1.82) is 0 Å². The number of hydrogen-bond acceptors (Lipinski definition) is 6. The van der Waals surface area contributed by atoms with Crippen LogP contribution >= 0.6 is 12.2 Å². The van der Waals surface area contributed by atoms with E-state index in [1.54, 1.807) is 20.8 Å². The normalized spacial score (nSPS) is 11.3. The highest BCUT2D eigenvalue weighted by atomic mass is 32.2. The fraction of sp³-hybridized carbons (Fsp3) is 0.385. The minimum Gasteiger partial charge on any atom is -0.462 e. The molecule has 0 bridgehead atoms. The van der Waals surface area contributed by atoms with Gasteiger partial charge in [-0.15, -0.1) is 0 Å². The molecule has 7 nitrogen and oxygen atoms in total. The lowest BCUT2D eigenvalue weighted by Crippen LogP contribution is -2.45. The zero-order chi connectivity index (χ0) is 17.1. The van der Waals surface area contributed by atoms with Gasteiger partial charge in [0, 0.05) is 6.04 Å². The first-order valence-electron chi connectivity index (χ1n) is 6.54. The molecule has 0 aliphatic carbocycles. The van der Waals surface area contributed by atoms with Gasteiger partial charge in [0.1, 0.15) is 4.90 Å². The van der Waals surface area contributed by atoms with E-state index in [0.717, 1.165) is 4.31 Å². The molecule has 0 fully saturated rings. The maximum atomic E-state index is 12.7. The van der Waals surface area contributed by atoms with Gasteiger partial charge in [-0.05, 0) is 45.1 Å². The van der Waals surface area contributed by atoms with Crippen molar-refractivity contribution in [3.05, 3.63) is 23.8 Å². The van der Waals surface area contributed by atoms with Gasteiger partial charge in [0.2, 0.25) is 0 Å². The Morgan fingerprint density at radius 1 is 1.41 bits per heavy atom. The molecule has 4 N–H and O–H groups in total. The van der Waals surface area contributed by atoms with E-state index in [0.29, 0.717) is 0 Å². The molecule has 0 atom stereocenters. The Labute approximate surface area is 135 Å². The van der Waals surface area contributed by atoms with Crippen molar-refractivity contribution in [2.75, 3.05) is 12.3 Å². The maximum Gasteiger partial charge on any atom is 0.340 e. The summed E-state index contributed by atoms with van der Waals surface area (Å²) in [6.07, 6.45) is 0. The van der Waals surface area contributed by atoms with Crippen LogP contribution in [0.15, 0.2) is 23.1 Å². The number of thiocarbonyl (C=S) groups is 1. The molecule has 9 heteroatoms. The number of para-hydroxylation sites is 1. The summed E-state index contributed by atoms with van der Waals surface area (Å²) in [6, 6.07) is 3.61. The first-order valence-corrected chi connectivity index (χ1v) is 8.38. The van der Waals surface area contributed by atoms with Crippen molar-refractivity contribution in [2.24, 2.45) is 5.73 Å². The van der Waals surface area contributed by atoms with Crippen LogP contribution in [0, 0.1) is 0 Å². The van der Waals surface area contributed by atoms with Gasteiger partial charge in [-0.2, -0.15) is 0 Å². The van der Waals surface area contributed by atoms with E-state index < -0.39 is 22.0 Å². The van der Waals surface area contributed by atoms with Crippen LogP contribution in [-0.4, -0.2) is 36.5 Å². The molecule has 1 aromatic carbocycles. The first-order chi connectivity index (χ1) is 10.1. The van der Waals surface area contributed by atoms with E-state index >= 15 is 0 Å². The number of nitrogen functional groups attached to an aromatic ring is 1. The van der Waals surface area contributed by atoms with Crippen molar-refractivity contribution in [3.63, 3.8) is 0 Å². The minimum atomic E-state index is -4.07. The van der Waals surface area contributed by atoms with Gasteiger partial charge in [-0.25, -0.2) is 17.5 Å². The highest BCUT2D eigenvalue weighted by Gasteiger charge is 2.31. The molecular weight excluding hydrogens is 326 g/mol. The predicted molar refractivity (Wildman–Crippen MR) is 87.8 cm³/mol. The second kappa shape index (κ2) is 6.93. The van der Waals surface area contributed by atoms with Crippen LogP contribution in [0.25, 0.3) is 0 Å². The number of carbonyl (C=O) groups is 1. The third kappa shape index (κ3) is 3.47. The van der Waals surface area contributed by atoms with Gasteiger partial charge in [0.15, 0.2) is 5.11 Å². The third-order valence-electron chi connectivity index (χ3n) is 2.78. The number of anilines is 1. The quantitative estimate of drug-likeness (QED) is 0.466. The molecule has 0 spiro atoms. The van der Waals surface area contributed by atoms with Crippen LogP contribution in [0.2, 0.25) is 0 Å². The molecule has 0 amide bonds. The van der Waals surface area contributed by atoms with Crippen LogP contribution in [-0.2, 0) is 14.8 Å². The zero-order valence-electron chi connectivity index (χ0n) is 12.6. The summed E-state index contributed by atoms with van der Waals surface area (Å²) in [6.45, 7) is 5.05. The average molecular weight is 345 g/mol. The van der Waals surface area contributed by atoms with Crippen molar-refractivity contribution < 1.29 is 17.9 Å². The number of benzene rings is 1. The first kappa shape index (κ1) is 18.2. The monoisotopic (exact) mass is 345 g/mol. The predicted octanol–water partition coefficient (Wildman–Crippen LogP) is 1.09. The summed E-state index contributed by atoms with van der Waals surface area (Å²) < 4.78 is 31.1. The Kier molecular flexibility index (Phi) is 5.72. The van der Waals surface area contributed by atoms with Gasteiger partial charge in [-0.3, -0.25) is 0 Å². The van der Waals surface area contributed by atoms with Gasteiger partial charge in [0.05, 0.1) is 17.9 Å². The Bertz CT molecular complexity index is 687. The Balaban J connectivity index is 3.47. The number of ether oxygens (including phenoxy) is 1. The number of carbonyl (C=O) groups excluding carboxylic acids is 1. The summed E-state index contributed by atoms with van der Waals surface area (Å²) >= 11 is 4.80. The number of esters is 1. The minimum absolute atomic E-state index is 0.0189. The van der Waals surface area contributed by atoms with Gasteiger partial charge < -0.3 is 16.2 Å². The smallest absolute Gasteiger partial charge is 0.340 e. The zero-order valence-corrected chi connectivity index (χ0v) is 14.2. The van der Waals surface area contributed by atoms with Crippen molar-refractivity contribution in [2.45, 2.75) is 31.7 Å². The van der Waals surface area contributed by atoms with E-state index in [4.69, 9.17) is 28.4 Å². The van der Waals surface area contributed by atoms with Crippen LogP contribution in [0.5, 0.6) is 0 Å². The van der Waals surface area contributed by atoms with E-state index in [1.165, 1.54) is 18.2 Å². The molecular formula is C13H19N3O4S2. The Hall–Kier alpha value is -1.87. The summed E-state index contributed by atoms with van der Waals surface area (Å²) in [5, 5.41) is -0.295. The molecule has 0 aliphatic heterocycles. The molecule has 0 aromatic heterocycles. The standard InChI is InChI=1S/C13H19N3O4S2/c1-4-20-12(17)9-6-5-7-10(11(9)14)22(18,19)16(8(2)3)13(15)21/h5-8H,4,14H2,1-3H3,(H2,15,21). The lowest BCUT2D eigenvalue weighted by atomic mass is 10.2.